The highest BCUT2D eigenvalue weighted by molar-refractivity contribution is 7.98. The van der Waals surface area contributed by atoms with E-state index in [9.17, 15) is 9.59 Å². The van der Waals surface area contributed by atoms with Crippen molar-refractivity contribution in [3.05, 3.63) is 65.7 Å². The van der Waals surface area contributed by atoms with Gasteiger partial charge in [-0.15, -0.1) is 11.8 Å². The Kier molecular flexibility index (Phi) is 7.01. The first-order valence-electron chi connectivity index (χ1n) is 10.1. The highest BCUT2D eigenvalue weighted by Crippen LogP contribution is 2.30. The number of carbonyl (C=O) groups excluding carboxylic acids is 2. The summed E-state index contributed by atoms with van der Waals surface area (Å²) in [7, 11) is 0. The molecule has 0 spiro atoms. The molecule has 29 heavy (non-hydrogen) atoms. The molecule has 1 amide bonds. The van der Waals surface area contributed by atoms with Gasteiger partial charge in [0.05, 0.1) is 0 Å². The number of thioether (sulfide) groups is 1. The number of ether oxygens (including phenoxy) is 1. The number of hydrogen-bond acceptors (Lipinski definition) is 4. The maximum absolute atomic E-state index is 13.2. The molecule has 2 aromatic carbocycles. The van der Waals surface area contributed by atoms with Crippen LogP contribution in [0.2, 0.25) is 0 Å². The van der Waals surface area contributed by atoms with E-state index in [0.717, 1.165) is 16.2 Å². The third kappa shape index (κ3) is 6.10. The Bertz CT molecular complexity index is 837. The number of carbonyl (C=O) groups is 2. The van der Waals surface area contributed by atoms with Crippen LogP contribution in [0.1, 0.15) is 49.5 Å². The zero-order chi connectivity index (χ0) is 20.9. The van der Waals surface area contributed by atoms with Crippen molar-refractivity contribution in [2.24, 2.45) is 5.92 Å². The minimum absolute atomic E-state index is 0.0489. The molecule has 2 aromatic rings. The van der Waals surface area contributed by atoms with Gasteiger partial charge in [-0.2, -0.15) is 0 Å². The molecule has 0 saturated carbocycles. The maximum atomic E-state index is 13.2. The molecular formula is C24H29NO3S. The summed E-state index contributed by atoms with van der Waals surface area (Å²) in [6, 6.07) is 18.1. The molecule has 1 aliphatic heterocycles. The zero-order valence-electron chi connectivity index (χ0n) is 17.4. The van der Waals surface area contributed by atoms with E-state index in [1.807, 2.05) is 63.2 Å². The lowest BCUT2D eigenvalue weighted by atomic mass is 9.89. The summed E-state index contributed by atoms with van der Waals surface area (Å²) < 4.78 is 5.45. The Morgan fingerprint density at radius 1 is 1.00 bits per heavy atom. The molecule has 5 heteroatoms. The Labute approximate surface area is 177 Å². The summed E-state index contributed by atoms with van der Waals surface area (Å²) in [5, 5.41) is 0. The summed E-state index contributed by atoms with van der Waals surface area (Å²) in [5.41, 5.74) is 1.54. The monoisotopic (exact) mass is 411 g/mol. The fraction of sp³-hybridized carbons (Fsp3) is 0.417. The molecule has 4 nitrogen and oxygen atoms in total. The van der Waals surface area contributed by atoms with Crippen LogP contribution in [0.5, 0.6) is 0 Å². The van der Waals surface area contributed by atoms with Gasteiger partial charge in [-0.05, 0) is 45.2 Å². The van der Waals surface area contributed by atoms with Gasteiger partial charge >= 0.3 is 6.09 Å². The Balaban J connectivity index is 1.61. The lowest BCUT2D eigenvalue weighted by Crippen LogP contribution is -2.43. The van der Waals surface area contributed by atoms with Crippen LogP contribution < -0.4 is 0 Å². The SMILES string of the molecule is CC(C)(C)OC(=O)N1CCC(C(=O)c2ccccc2SCc2ccccc2)CC1. The van der Waals surface area contributed by atoms with Gasteiger partial charge in [-0.25, -0.2) is 4.79 Å². The number of likely N-dealkylation sites (tertiary alicyclic amines) is 1. The first-order valence-corrected chi connectivity index (χ1v) is 11.1. The van der Waals surface area contributed by atoms with Gasteiger partial charge in [-0.1, -0.05) is 48.5 Å². The van der Waals surface area contributed by atoms with E-state index in [-0.39, 0.29) is 17.8 Å². The van der Waals surface area contributed by atoms with Crippen LogP contribution in [0.15, 0.2) is 59.5 Å². The smallest absolute Gasteiger partial charge is 0.410 e. The molecule has 1 saturated heterocycles. The summed E-state index contributed by atoms with van der Waals surface area (Å²) in [5.74, 6) is 0.972. The van der Waals surface area contributed by atoms with Crippen LogP contribution in [0.3, 0.4) is 0 Å². The van der Waals surface area contributed by atoms with Gasteiger partial charge in [0.2, 0.25) is 0 Å². The van der Waals surface area contributed by atoms with Crippen molar-refractivity contribution in [1.82, 2.24) is 4.90 Å². The number of rotatable bonds is 5. The average molecular weight is 412 g/mol. The predicted octanol–water partition coefficient (Wildman–Crippen LogP) is 5.81. The number of Topliss-reactive ketones (excluding diaryl/α,β-unsaturated/α-hetero) is 1. The van der Waals surface area contributed by atoms with Crippen LogP contribution >= 0.6 is 11.8 Å². The largest absolute Gasteiger partial charge is 0.444 e. The van der Waals surface area contributed by atoms with Gasteiger partial charge in [0.15, 0.2) is 5.78 Å². The molecule has 1 heterocycles. The fourth-order valence-corrected chi connectivity index (χ4v) is 4.42. The molecule has 1 aliphatic rings. The quantitative estimate of drug-likeness (QED) is 0.460. The number of hydrogen-bond donors (Lipinski definition) is 0. The number of nitrogens with zero attached hydrogens (tertiary/aromatic N) is 1. The Hall–Kier alpha value is -2.27. The predicted molar refractivity (Wildman–Crippen MR) is 117 cm³/mol. The van der Waals surface area contributed by atoms with Gasteiger partial charge in [0.1, 0.15) is 5.60 Å². The lowest BCUT2D eigenvalue weighted by molar-refractivity contribution is 0.0182. The molecule has 3 rings (SSSR count). The normalized spacial score (nSPS) is 15.2. The third-order valence-corrected chi connectivity index (χ3v) is 6.05. The molecule has 0 aromatic heterocycles. The van der Waals surface area contributed by atoms with Crippen LogP contribution in [0, 0.1) is 5.92 Å². The fourth-order valence-electron chi connectivity index (χ4n) is 3.40. The standard InChI is InChI=1S/C24H29NO3S/c1-24(2,3)28-23(27)25-15-13-19(14-16-25)22(26)20-11-7-8-12-21(20)29-17-18-9-5-4-6-10-18/h4-12,19H,13-17H2,1-3H3. The lowest BCUT2D eigenvalue weighted by Gasteiger charge is -2.33. The second-order valence-electron chi connectivity index (χ2n) is 8.38. The maximum Gasteiger partial charge on any atom is 0.410 e. The highest BCUT2D eigenvalue weighted by Gasteiger charge is 2.31. The number of ketones is 1. The van der Waals surface area contributed by atoms with Crippen molar-refractivity contribution in [3.63, 3.8) is 0 Å². The molecule has 0 N–H and O–H groups in total. The van der Waals surface area contributed by atoms with E-state index >= 15 is 0 Å². The van der Waals surface area contributed by atoms with Gasteiger partial charge in [-0.3, -0.25) is 4.79 Å². The van der Waals surface area contributed by atoms with E-state index in [1.54, 1.807) is 16.7 Å². The first-order chi connectivity index (χ1) is 13.8. The molecule has 0 aliphatic carbocycles. The summed E-state index contributed by atoms with van der Waals surface area (Å²) >= 11 is 1.70. The van der Waals surface area contributed by atoms with Crippen molar-refractivity contribution in [3.8, 4) is 0 Å². The van der Waals surface area contributed by atoms with E-state index in [4.69, 9.17) is 4.74 Å². The second kappa shape index (κ2) is 9.49. The Morgan fingerprint density at radius 3 is 2.28 bits per heavy atom. The average Bonchev–Trinajstić information content (AvgIpc) is 2.71. The minimum atomic E-state index is -0.501. The molecule has 0 bridgehead atoms. The first kappa shape index (κ1) is 21.4. The Morgan fingerprint density at radius 2 is 1.62 bits per heavy atom. The number of benzene rings is 2. The van der Waals surface area contributed by atoms with Crippen LogP contribution in [-0.4, -0.2) is 35.5 Å². The molecule has 1 fully saturated rings. The van der Waals surface area contributed by atoms with Crippen LogP contribution in [0.4, 0.5) is 4.79 Å². The summed E-state index contributed by atoms with van der Waals surface area (Å²) in [6.45, 7) is 6.72. The molecular weight excluding hydrogens is 382 g/mol. The second-order valence-corrected chi connectivity index (χ2v) is 9.39. The van der Waals surface area contributed by atoms with Gasteiger partial charge in [0.25, 0.3) is 0 Å². The number of piperidine rings is 1. The van der Waals surface area contributed by atoms with Crippen LogP contribution in [-0.2, 0) is 10.5 Å². The topological polar surface area (TPSA) is 46.6 Å². The number of amides is 1. The zero-order valence-corrected chi connectivity index (χ0v) is 18.2. The summed E-state index contributed by atoms with van der Waals surface area (Å²) in [6.07, 6.45) is 1.06. The minimum Gasteiger partial charge on any atom is -0.444 e. The van der Waals surface area contributed by atoms with Crippen molar-refractivity contribution in [1.29, 1.82) is 0 Å². The highest BCUT2D eigenvalue weighted by atomic mass is 32.2. The molecule has 0 atom stereocenters. The molecule has 0 unspecified atom stereocenters. The summed E-state index contributed by atoms with van der Waals surface area (Å²) in [4.78, 5) is 28.2. The molecule has 0 radical (unpaired) electrons. The van der Waals surface area contributed by atoms with Crippen LogP contribution in [0.25, 0.3) is 0 Å². The van der Waals surface area contributed by atoms with E-state index in [2.05, 4.69) is 12.1 Å². The van der Waals surface area contributed by atoms with Gasteiger partial charge in [0, 0.05) is 35.2 Å². The van der Waals surface area contributed by atoms with Crippen molar-refractivity contribution in [2.75, 3.05) is 13.1 Å². The van der Waals surface area contributed by atoms with Crippen molar-refractivity contribution < 1.29 is 14.3 Å². The molecule has 154 valence electrons. The van der Waals surface area contributed by atoms with Crippen molar-refractivity contribution >= 4 is 23.6 Å². The van der Waals surface area contributed by atoms with Crippen molar-refractivity contribution in [2.45, 2.75) is 49.9 Å². The third-order valence-electron chi connectivity index (χ3n) is 4.91. The van der Waals surface area contributed by atoms with E-state index in [1.165, 1.54) is 5.56 Å². The van der Waals surface area contributed by atoms with Gasteiger partial charge < -0.3 is 9.64 Å². The van der Waals surface area contributed by atoms with E-state index in [0.29, 0.717) is 25.9 Å². The van der Waals surface area contributed by atoms with E-state index < -0.39 is 5.60 Å².